The van der Waals surface area contributed by atoms with Gasteiger partial charge in [0.05, 0.1) is 11.7 Å². The first-order valence-electron chi connectivity index (χ1n) is 6.84. The van der Waals surface area contributed by atoms with Crippen molar-refractivity contribution in [1.82, 2.24) is 10.3 Å². The topological polar surface area (TPSA) is 24.9 Å². The molecule has 0 bridgehead atoms. The maximum absolute atomic E-state index is 4.73. The van der Waals surface area contributed by atoms with Crippen molar-refractivity contribution >= 4 is 27.3 Å². The van der Waals surface area contributed by atoms with Gasteiger partial charge in [-0.15, -0.1) is 11.3 Å². The zero-order valence-electron chi connectivity index (χ0n) is 12.6. The lowest BCUT2D eigenvalue weighted by Gasteiger charge is -2.20. The molecule has 108 valence electrons. The van der Waals surface area contributed by atoms with Crippen molar-refractivity contribution in [3.05, 3.63) is 49.4 Å². The molecule has 4 heteroatoms. The van der Waals surface area contributed by atoms with E-state index in [1.54, 1.807) is 11.3 Å². The minimum Gasteiger partial charge on any atom is -0.302 e. The van der Waals surface area contributed by atoms with Gasteiger partial charge in [0.15, 0.2) is 0 Å². The van der Waals surface area contributed by atoms with E-state index < -0.39 is 0 Å². The Kier molecular flexibility index (Phi) is 4.99. The van der Waals surface area contributed by atoms with Crippen molar-refractivity contribution in [3.63, 3.8) is 0 Å². The molecule has 2 nitrogen and oxygen atoms in total. The van der Waals surface area contributed by atoms with Gasteiger partial charge < -0.3 is 5.32 Å². The fourth-order valence-corrected chi connectivity index (χ4v) is 3.46. The van der Waals surface area contributed by atoms with Gasteiger partial charge in [-0.25, -0.2) is 4.98 Å². The fraction of sp³-hybridized carbons (Fsp3) is 0.438. The molecule has 2 aromatic rings. The molecule has 20 heavy (non-hydrogen) atoms. The third-order valence-electron chi connectivity index (χ3n) is 3.32. The lowest BCUT2D eigenvalue weighted by atomic mass is 10.0. The summed E-state index contributed by atoms with van der Waals surface area (Å²) in [5.41, 5.74) is 3.64. The van der Waals surface area contributed by atoms with E-state index in [1.807, 2.05) is 0 Å². The summed E-state index contributed by atoms with van der Waals surface area (Å²) in [4.78, 5) is 6.03. The van der Waals surface area contributed by atoms with Crippen LogP contribution in [0.3, 0.4) is 0 Å². The highest BCUT2D eigenvalue weighted by Crippen LogP contribution is 2.30. The lowest BCUT2D eigenvalue weighted by Crippen LogP contribution is -2.29. The molecule has 0 fully saturated rings. The molecule has 1 N–H and O–H groups in total. The van der Waals surface area contributed by atoms with Crippen molar-refractivity contribution in [2.75, 3.05) is 0 Å². The predicted molar refractivity (Wildman–Crippen MR) is 90.6 cm³/mol. The molecular weight excluding hydrogens is 332 g/mol. The average Bonchev–Trinajstić information content (AvgIpc) is 2.70. The van der Waals surface area contributed by atoms with Crippen LogP contribution >= 0.6 is 27.3 Å². The third kappa shape index (κ3) is 3.48. The maximum Gasteiger partial charge on any atom is 0.115 e. The molecule has 1 aromatic carbocycles. The molecule has 1 aromatic heterocycles. The van der Waals surface area contributed by atoms with Crippen LogP contribution < -0.4 is 5.32 Å². The summed E-state index contributed by atoms with van der Waals surface area (Å²) in [5.74, 6) is 0. The van der Waals surface area contributed by atoms with Crippen LogP contribution in [0, 0.1) is 20.8 Å². The van der Waals surface area contributed by atoms with Crippen LogP contribution in [0.4, 0.5) is 0 Å². The molecule has 2 rings (SSSR count). The Balaban J connectivity index is 2.43. The highest BCUT2D eigenvalue weighted by atomic mass is 79.9. The Hall–Kier alpha value is -0.710. The molecular formula is C16H21BrN2S. The van der Waals surface area contributed by atoms with Crippen LogP contribution in [-0.4, -0.2) is 11.0 Å². The zero-order valence-corrected chi connectivity index (χ0v) is 15.0. The van der Waals surface area contributed by atoms with E-state index in [1.165, 1.54) is 16.0 Å². The lowest BCUT2D eigenvalue weighted by molar-refractivity contribution is 0.526. The molecule has 0 aliphatic rings. The average molecular weight is 353 g/mol. The van der Waals surface area contributed by atoms with Gasteiger partial charge in [0.1, 0.15) is 5.01 Å². The number of halogens is 1. The molecule has 0 radical (unpaired) electrons. The Labute approximate surface area is 133 Å². The monoisotopic (exact) mass is 352 g/mol. The zero-order chi connectivity index (χ0) is 14.9. The van der Waals surface area contributed by atoms with Crippen molar-refractivity contribution in [3.8, 4) is 0 Å². The standard InChI is InChI=1S/C16H21BrN2S/c1-9(2)18-15(16-19-11(4)12(5)20-16)13-7-6-10(3)14(17)8-13/h6-9,15,18H,1-5H3. The van der Waals surface area contributed by atoms with Gasteiger partial charge in [-0.05, 0) is 51.8 Å². The molecule has 1 unspecified atom stereocenters. The summed E-state index contributed by atoms with van der Waals surface area (Å²) in [6.45, 7) is 10.7. The molecule has 1 atom stereocenters. The van der Waals surface area contributed by atoms with Crippen LogP contribution in [0.5, 0.6) is 0 Å². The number of hydrogen-bond acceptors (Lipinski definition) is 3. The quantitative estimate of drug-likeness (QED) is 0.844. The number of nitrogens with one attached hydrogen (secondary N) is 1. The highest BCUT2D eigenvalue weighted by Gasteiger charge is 2.20. The van der Waals surface area contributed by atoms with Crippen LogP contribution in [0.25, 0.3) is 0 Å². The van der Waals surface area contributed by atoms with Gasteiger partial charge in [0.2, 0.25) is 0 Å². The first-order valence-corrected chi connectivity index (χ1v) is 8.45. The van der Waals surface area contributed by atoms with Crippen LogP contribution in [0.1, 0.15) is 46.6 Å². The van der Waals surface area contributed by atoms with Crippen molar-refractivity contribution in [2.45, 2.75) is 46.7 Å². The summed E-state index contributed by atoms with van der Waals surface area (Å²) in [6, 6.07) is 7.10. The van der Waals surface area contributed by atoms with Gasteiger partial charge in [0.25, 0.3) is 0 Å². The van der Waals surface area contributed by atoms with Crippen LogP contribution in [0.2, 0.25) is 0 Å². The summed E-state index contributed by atoms with van der Waals surface area (Å²) < 4.78 is 1.15. The number of aryl methyl sites for hydroxylation is 3. The number of hydrogen-bond donors (Lipinski definition) is 1. The van der Waals surface area contributed by atoms with Crippen molar-refractivity contribution in [2.24, 2.45) is 0 Å². The van der Waals surface area contributed by atoms with E-state index >= 15 is 0 Å². The highest BCUT2D eigenvalue weighted by molar-refractivity contribution is 9.10. The minimum atomic E-state index is 0.157. The van der Waals surface area contributed by atoms with Crippen LogP contribution in [-0.2, 0) is 0 Å². The number of nitrogens with zero attached hydrogens (tertiary/aromatic N) is 1. The second-order valence-corrected chi connectivity index (χ2v) is 7.55. The van der Waals surface area contributed by atoms with Gasteiger partial charge >= 0.3 is 0 Å². The maximum atomic E-state index is 4.73. The van der Waals surface area contributed by atoms with Crippen molar-refractivity contribution < 1.29 is 0 Å². The van der Waals surface area contributed by atoms with E-state index in [9.17, 15) is 0 Å². The van der Waals surface area contributed by atoms with Gasteiger partial charge in [-0.1, -0.05) is 28.1 Å². The number of aromatic nitrogens is 1. The summed E-state index contributed by atoms with van der Waals surface area (Å²) in [5, 5.41) is 4.77. The fourth-order valence-electron chi connectivity index (χ4n) is 2.05. The minimum absolute atomic E-state index is 0.157. The van der Waals surface area contributed by atoms with E-state index in [0.717, 1.165) is 15.2 Å². The largest absolute Gasteiger partial charge is 0.302 e. The van der Waals surface area contributed by atoms with Gasteiger partial charge in [-0.3, -0.25) is 0 Å². The number of rotatable bonds is 4. The van der Waals surface area contributed by atoms with E-state index in [-0.39, 0.29) is 6.04 Å². The normalized spacial score (nSPS) is 12.9. The molecule has 0 amide bonds. The first kappa shape index (κ1) is 15.7. The van der Waals surface area contributed by atoms with E-state index in [0.29, 0.717) is 6.04 Å². The molecule has 0 aliphatic heterocycles. The number of thiazole rings is 1. The van der Waals surface area contributed by atoms with E-state index in [2.05, 4.69) is 74.1 Å². The Morgan fingerprint density at radius 1 is 1.20 bits per heavy atom. The Bertz CT molecular complexity index is 585. The SMILES string of the molecule is Cc1ccc(C(NC(C)C)c2nc(C)c(C)s2)cc1Br. The third-order valence-corrected chi connectivity index (χ3v) is 5.31. The summed E-state index contributed by atoms with van der Waals surface area (Å²) in [6.07, 6.45) is 0. The Morgan fingerprint density at radius 3 is 2.40 bits per heavy atom. The summed E-state index contributed by atoms with van der Waals surface area (Å²) in [7, 11) is 0. The molecule has 0 saturated carbocycles. The molecule has 0 spiro atoms. The van der Waals surface area contributed by atoms with Crippen molar-refractivity contribution in [1.29, 1.82) is 0 Å². The number of benzene rings is 1. The first-order chi connectivity index (χ1) is 9.38. The predicted octanol–water partition coefficient (Wildman–Crippen LogP) is 4.92. The molecule has 1 heterocycles. The molecule has 0 saturated heterocycles. The van der Waals surface area contributed by atoms with Gasteiger partial charge in [-0.2, -0.15) is 0 Å². The van der Waals surface area contributed by atoms with E-state index in [4.69, 9.17) is 4.98 Å². The van der Waals surface area contributed by atoms with Crippen LogP contribution in [0.15, 0.2) is 22.7 Å². The second kappa shape index (κ2) is 6.37. The second-order valence-electron chi connectivity index (χ2n) is 5.46. The van der Waals surface area contributed by atoms with Gasteiger partial charge in [0, 0.05) is 15.4 Å². The molecule has 0 aliphatic carbocycles. The smallest absolute Gasteiger partial charge is 0.115 e. The Morgan fingerprint density at radius 2 is 1.90 bits per heavy atom. The summed E-state index contributed by atoms with van der Waals surface area (Å²) >= 11 is 5.41.